The van der Waals surface area contributed by atoms with Crippen molar-refractivity contribution in [1.82, 2.24) is 4.90 Å². The van der Waals surface area contributed by atoms with Crippen molar-refractivity contribution < 1.29 is 8.78 Å². The van der Waals surface area contributed by atoms with Crippen LogP contribution in [0, 0.1) is 6.92 Å². The van der Waals surface area contributed by atoms with Gasteiger partial charge in [0.05, 0.1) is 17.0 Å². The van der Waals surface area contributed by atoms with Crippen molar-refractivity contribution >= 4 is 46.8 Å². The fraction of sp³-hybridized carbons (Fsp3) is 0.316. The normalized spacial score (nSPS) is 11.4. The second-order valence-corrected chi connectivity index (χ2v) is 7.31. The highest BCUT2D eigenvalue weighted by Crippen LogP contribution is 2.36. The zero-order valence-electron chi connectivity index (χ0n) is 15.2. The van der Waals surface area contributed by atoms with Crippen LogP contribution < -0.4 is 4.90 Å². The highest BCUT2D eigenvalue weighted by Gasteiger charge is 2.13. The Morgan fingerprint density at radius 1 is 1.23 bits per heavy atom. The van der Waals surface area contributed by atoms with E-state index in [1.165, 1.54) is 0 Å². The molecule has 0 unspecified atom stereocenters. The van der Waals surface area contributed by atoms with Crippen molar-refractivity contribution in [2.45, 2.75) is 24.5 Å². The standard InChI is InChI=1S/C19H22ClF2N3S/c1-5-24(3)12-23-17-9-13(2)18(11-16(17)20)25(4)14-7-6-8-15(10-14)26-19(21)22/h6-12,19H,5H2,1-4H3. The Balaban J connectivity index is 2.31. The summed E-state index contributed by atoms with van der Waals surface area (Å²) in [4.78, 5) is 8.84. The van der Waals surface area contributed by atoms with Crippen LogP contribution in [0.15, 0.2) is 46.3 Å². The van der Waals surface area contributed by atoms with E-state index >= 15 is 0 Å². The Morgan fingerprint density at radius 2 is 1.96 bits per heavy atom. The molecule has 2 aromatic rings. The first-order valence-electron chi connectivity index (χ1n) is 8.15. The molecule has 0 aromatic heterocycles. The van der Waals surface area contributed by atoms with Gasteiger partial charge in [0, 0.05) is 36.9 Å². The highest BCUT2D eigenvalue weighted by molar-refractivity contribution is 7.99. The van der Waals surface area contributed by atoms with Gasteiger partial charge in [0.15, 0.2) is 0 Å². The van der Waals surface area contributed by atoms with Gasteiger partial charge in [-0.3, -0.25) is 0 Å². The maximum Gasteiger partial charge on any atom is 0.288 e. The van der Waals surface area contributed by atoms with E-state index in [0.717, 1.165) is 23.5 Å². The summed E-state index contributed by atoms with van der Waals surface area (Å²) in [5, 5.41) is 0.538. The molecule has 0 amide bonds. The Morgan fingerprint density at radius 3 is 2.62 bits per heavy atom. The van der Waals surface area contributed by atoms with Gasteiger partial charge in [0.25, 0.3) is 5.76 Å². The molecule has 0 aliphatic heterocycles. The van der Waals surface area contributed by atoms with Crippen LogP contribution in [0.1, 0.15) is 12.5 Å². The summed E-state index contributed by atoms with van der Waals surface area (Å²) in [7, 11) is 3.83. The van der Waals surface area contributed by atoms with Gasteiger partial charge in [0.1, 0.15) is 0 Å². The second kappa shape index (κ2) is 9.24. The molecule has 0 aliphatic carbocycles. The molecule has 0 N–H and O–H groups in total. The summed E-state index contributed by atoms with van der Waals surface area (Å²) >= 11 is 6.93. The quantitative estimate of drug-likeness (QED) is 0.308. The van der Waals surface area contributed by atoms with Crippen LogP contribution in [0.2, 0.25) is 5.02 Å². The number of alkyl halides is 2. The largest absolute Gasteiger partial charge is 0.366 e. The third-order valence-corrected chi connectivity index (χ3v) is 4.96. The van der Waals surface area contributed by atoms with Crippen LogP contribution in [0.25, 0.3) is 0 Å². The Bertz CT molecular complexity index is 783. The van der Waals surface area contributed by atoms with Gasteiger partial charge in [-0.25, -0.2) is 4.99 Å². The predicted octanol–water partition coefficient (Wildman–Crippen LogP) is 6.34. The molecule has 26 heavy (non-hydrogen) atoms. The van der Waals surface area contributed by atoms with Crippen LogP contribution >= 0.6 is 23.4 Å². The SMILES string of the molecule is CCN(C)C=Nc1cc(C)c(N(C)c2cccc(SC(F)F)c2)cc1Cl. The lowest BCUT2D eigenvalue weighted by molar-refractivity contribution is 0.252. The molecule has 2 aromatic carbocycles. The number of anilines is 2. The maximum atomic E-state index is 12.6. The lowest BCUT2D eigenvalue weighted by Crippen LogP contribution is -2.14. The molecule has 0 fully saturated rings. The van der Waals surface area contributed by atoms with E-state index in [4.69, 9.17) is 11.6 Å². The van der Waals surface area contributed by atoms with Crippen molar-refractivity contribution in [2.24, 2.45) is 4.99 Å². The number of rotatable bonds is 7. The molecule has 2 rings (SSSR count). The summed E-state index contributed by atoms with van der Waals surface area (Å²) in [6, 6.07) is 10.8. The average Bonchev–Trinajstić information content (AvgIpc) is 2.60. The van der Waals surface area contributed by atoms with Crippen molar-refractivity contribution in [1.29, 1.82) is 0 Å². The summed E-state index contributed by atoms with van der Waals surface area (Å²) in [5.41, 5.74) is 3.41. The van der Waals surface area contributed by atoms with E-state index in [-0.39, 0.29) is 0 Å². The fourth-order valence-corrected chi connectivity index (χ4v) is 3.12. The molecule has 0 radical (unpaired) electrons. The molecular weight excluding hydrogens is 376 g/mol. The third-order valence-electron chi connectivity index (χ3n) is 3.95. The zero-order chi connectivity index (χ0) is 19.3. The van der Waals surface area contributed by atoms with Gasteiger partial charge < -0.3 is 9.80 Å². The number of aryl methyl sites for hydroxylation is 1. The zero-order valence-corrected chi connectivity index (χ0v) is 16.8. The number of halogens is 3. The van der Waals surface area contributed by atoms with Crippen LogP contribution in [0.5, 0.6) is 0 Å². The Kier molecular flexibility index (Phi) is 7.29. The minimum absolute atomic E-state index is 0.525. The van der Waals surface area contributed by atoms with E-state index in [0.29, 0.717) is 27.4 Å². The first-order valence-corrected chi connectivity index (χ1v) is 9.40. The Hall–Kier alpha value is -1.79. The van der Waals surface area contributed by atoms with E-state index in [1.807, 2.05) is 55.9 Å². The highest BCUT2D eigenvalue weighted by atomic mass is 35.5. The van der Waals surface area contributed by atoms with Crippen LogP contribution in [-0.4, -0.2) is 37.6 Å². The number of hydrogen-bond donors (Lipinski definition) is 0. The minimum Gasteiger partial charge on any atom is -0.366 e. The van der Waals surface area contributed by atoms with Crippen molar-refractivity contribution in [3.63, 3.8) is 0 Å². The lowest BCUT2D eigenvalue weighted by atomic mass is 10.1. The van der Waals surface area contributed by atoms with Gasteiger partial charge >= 0.3 is 0 Å². The molecule has 3 nitrogen and oxygen atoms in total. The molecule has 0 saturated heterocycles. The van der Waals surface area contributed by atoms with Gasteiger partial charge in [-0.2, -0.15) is 8.78 Å². The van der Waals surface area contributed by atoms with Gasteiger partial charge in [0.2, 0.25) is 0 Å². The second-order valence-electron chi connectivity index (χ2n) is 5.84. The maximum absolute atomic E-state index is 12.6. The number of thioether (sulfide) groups is 1. The van der Waals surface area contributed by atoms with Gasteiger partial charge in [-0.05, 0) is 49.7 Å². The number of hydrogen-bond acceptors (Lipinski definition) is 3. The van der Waals surface area contributed by atoms with Gasteiger partial charge in [-0.1, -0.05) is 29.4 Å². The number of aliphatic imine (C=N–C) groups is 1. The molecule has 0 saturated carbocycles. The van der Waals surface area contributed by atoms with E-state index < -0.39 is 5.76 Å². The van der Waals surface area contributed by atoms with Crippen LogP contribution in [0.3, 0.4) is 0 Å². The topological polar surface area (TPSA) is 18.8 Å². The molecule has 7 heteroatoms. The van der Waals surface area contributed by atoms with E-state index in [2.05, 4.69) is 4.99 Å². The monoisotopic (exact) mass is 397 g/mol. The lowest BCUT2D eigenvalue weighted by Gasteiger charge is -2.23. The summed E-state index contributed by atoms with van der Waals surface area (Å²) in [6.07, 6.45) is 1.75. The molecule has 0 aliphatic rings. The van der Waals surface area contributed by atoms with Gasteiger partial charge in [-0.15, -0.1) is 0 Å². The Labute approximate surface area is 162 Å². The first-order chi connectivity index (χ1) is 12.3. The molecule has 0 heterocycles. The number of nitrogens with zero attached hydrogens (tertiary/aromatic N) is 3. The predicted molar refractivity (Wildman–Crippen MR) is 109 cm³/mol. The minimum atomic E-state index is -2.44. The molecule has 0 spiro atoms. The third kappa shape index (κ3) is 5.35. The summed E-state index contributed by atoms with van der Waals surface area (Å²) in [5.74, 6) is -2.44. The average molecular weight is 398 g/mol. The molecule has 0 atom stereocenters. The smallest absolute Gasteiger partial charge is 0.288 e. The van der Waals surface area contributed by atoms with Crippen LogP contribution in [-0.2, 0) is 0 Å². The molecule has 0 bridgehead atoms. The van der Waals surface area contributed by atoms with E-state index in [1.54, 1.807) is 24.5 Å². The summed E-state index contributed by atoms with van der Waals surface area (Å²) in [6.45, 7) is 4.87. The fourth-order valence-electron chi connectivity index (χ4n) is 2.37. The van der Waals surface area contributed by atoms with Crippen molar-refractivity contribution in [3.8, 4) is 0 Å². The van der Waals surface area contributed by atoms with Crippen LogP contribution in [0.4, 0.5) is 25.8 Å². The molecule has 140 valence electrons. The number of benzene rings is 2. The van der Waals surface area contributed by atoms with Crippen molar-refractivity contribution in [2.75, 3.05) is 25.5 Å². The van der Waals surface area contributed by atoms with Crippen molar-refractivity contribution in [3.05, 3.63) is 47.0 Å². The summed E-state index contributed by atoms with van der Waals surface area (Å²) < 4.78 is 25.2. The van der Waals surface area contributed by atoms with E-state index in [9.17, 15) is 8.78 Å². The molecular formula is C19H22ClF2N3S. The first kappa shape index (κ1) is 20.5.